The smallest absolute Gasteiger partial charge is 0.249 e. The first-order valence-electron chi connectivity index (χ1n) is 4.27. The fourth-order valence-electron chi connectivity index (χ4n) is 1.18. The van der Waals surface area contributed by atoms with Crippen molar-refractivity contribution in [3.05, 3.63) is 23.8 Å². The first-order valence-corrected chi connectivity index (χ1v) is 4.27. The molecule has 0 spiro atoms. The molecule has 0 atom stereocenters. The standard InChI is InChI=1S/C9H11N3O/c1-3-8-11-12-9(13-8)7-5-10-4-6(7)2/h4-5,10H,3H2,1-2H3. The monoisotopic (exact) mass is 177 g/mol. The number of nitrogens with zero attached hydrogens (tertiary/aromatic N) is 2. The van der Waals surface area contributed by atoms with Crippen LogP contribution in [-0.2, 0) is 6.42 Å². The minimum absolute atomic E-state index is 0.593. The highest BCUT2D eigenvalue weighted by atomic mass is 16.4. The van der Waals surface area contributed by atoms with Crippen LogP contribution >= 0.6 is 0 Å². The van der Waals surface area contributed by atoms with Crippen molar-refractivity contribution < 1.29 is 4.42 Å². The Balaban J connectivity index is 2.41. The van der Waals surface area contributed by atoms with Crippen LogP contribution in [0.4, 0.5) is 0 Å². The normalized spacial score (nSPS) is 10.6. The van der Waals surface area contributed by atoms with E-state index in [0.29, 0.717) is 11.8 Å². The summed E-state index contributed by atoms with van der Waals surface area (Å²) in [6.45, 7) is 3.99. The Bertz CT molecular complexity index is 402. The van der Waals surface area contributed by atoms with Crippen molar-refractivity contribution in [2.75, 3.05) is 0 Å². The lowest BCUT2D eigenvalue weighted by molar-refractivity contribution is 0.512. The van der Waals surface area contributed by atoms with Gasteiger partial charge in [0, 0.05) is 18.8 Å². The molecule has 0 saturated heterocycles. The molecule has 2 heterocycles. The summed E-state index contributed by atoms with van der Waals surface area (Å²) < 4.78 is 5.42. The third-order valence-corrected chi connectivity index (χ3v) is 1.95. The number of aryl methyl sites for hydroxylation is 2. The maximum atomic E-state index is 5.42. The molecule has 4 nitrogen and oxygen atoms in total. The van der Waals surface area contributed by atoms with Crippen LogP contribution in [0.2, 0.25) is 0 Å². The van der Waals surface area contributed by atoms with Gasteiger partial charge in [0.05, 0.1) is 5.56 Å². The van der Waals surface area contributed by atoms with Crippen molar-refractivity contribution in [3.63, 3.8) is 0 Å². The number of rotatable bonds is 2. The predicted molar refractivity (Wildman–Crippen MR) is 48.2 cm³/mol. The summed E-state index contributed by atoms with van der Waals surface area (Å²) in [6.07, 6.45) is 4.55. The molecule has 1 N–H and O–H groups in total. The quantitative estimate of drug-likeness (QED) is 0.762. The molecule has 68 valence electrons. The molecule has 2 rings (SSSR count). The highest BCUT2D eigenvalue weighted by Crippen LogP contribution is 2.20. The average Bonchev–Trinajstić information content (AvgIpc) is 2.71. The highest BCUT2D eigenvalue weighted by molar-refractivity contribution is 5.56. The van der Waals surface area contributed by atoms with E-state index in [4.69, 9.17) is 4.42 Å². The molecule has 4 heteroatoms. The molecule has 13 heavy (non-hydrogen) atoms. The molecule has 2 aromatic heterocycles. The summed E-state index contributed by atoms with van der Waals surface area (Å²) in [6, 6.07) is 0. The molecule has 0 aromatic carbocycles. The van der Waals surface area contributed by atoms with E-state index in [2.05, 4.69) is 15.2 Å². The lowest BCUT2D eigenvalue weighted by Crippen LogP contribution is -1.77. The van der Waals surface area contributed by atoms with E-state index in [1.165, 1.54) is 0 Å². The van der Waals surface area contributed by atoms with Crippen LogP contribution in [0.3, 0.4) is 0 Å². The molecule has 0 fully saturated rings. The van der Waals surface area contributed by atoms with E-state index < -0.39 is 0 Å². The van der Waals surface area contributed by atoms with Crippen LogP contribution in [0.25, 0.3) is 11.5 Å². The van der Waals surface area contributed by atoms with Crippen LogP contribution in [0.15, 0.2) is 16.8 Å². The van der Waals surface area contributed by atoms with E-state index >= 15 is 0 Å². The zero-order valence-electron chi connectivity index (χ0n) is 7.66. The van der Waals surface area contributed by atoms with Crippen molar-refractivity contribution in [2.24, 2.45) is 0 Å². The molecule has 0 bridgehead atoms. The van der Waals surface area contributed by atoms with Crippen LogP contribution in [0.5, 0.6) is 0 Å². The van der Waals surface area contributed by atoms with E-state index in [0.717, 1.165) is 17.5 Å². The number of aromatic amines is 1. The van der Waals surface area contributed by atoms with Crippen LogP contribution in [0, 0.1) is 6.92 Å². The Morgan fingerprint density at radius 2 is 2.23 bits per heavy atom. The zero-order valence-corrected chi connectivity index (χ0v) is 7.66. The van der Waals surface area contributed by atoms with E-state index in [9.17, 15) is 0 Å². The molecule has 0 aliphatic heterocycles. The van der Waals surface area contributed by atoms with Gasteiger partial charge in [-0.15, -0.1) is 10.2 Å². The van der Waals surface area contributed by atoms with Gasteiger partial charge >= 0.3 is 0 Å². The SMILES string of the molecule is CCc1nnc(-c2c[nH]cc2C)o1. The molecular formula is C9H11N3O. The largest absolute Gasteiger partial charge is 0.421 e. The summed E-state index contributed by atoms with van der Waals surface area (Å²) in [5, 5.41) is 7.85. The van der Waals surface area contributed by atoms with E-state index in [1.54, 1.807) is 0 Å². The van der Waals surface area contributed by atoms with Crippen molar-refractivity contribution in [3.8, 4) is 11.5 Å². The van der Waals surface area contributed by atoms with Gasteiger partial charge in [-0.1, -0.05) is 6.92 Å². The van der Waals surface area contributed by atoms with Crippen molar-refractivity contribution in [2.45, 2.75) is 20.3 Å². The van der Waals surface area contributed by atoms with Crippen LogP contribution in [-0.4, -0.2) is 15.2 Å². The number of nitrogens with one attached hydrogen (secondary N) is 1. The molecule has 2 aromatic rings. The highest BCUT2D eigenvalue weighted by Gasteiger charge is 2.09. The number of H-pyrrole nitrogens is 1. The third kappa shape index (κ3) is 1.35. The molecule has 0 amide bonds. The minimum atomic E-state index is 0.593. The van der Waals surface area contributed by atoms with Gasteiger partial charge in [-0.25, -0.2) is 0 Å². The summed E-state index contributed by atoms with van der Waals surface area (Å²) in [5.74, 6) is 1.27. The maximum absolute atomic E-state index is 5.42. The fraction of sp³-hybridized carbons (Fsp3) is 0.333. The second-order valence-corrected chi connectivity index (χ2v) is 2.91. The van der Waals surface area contributed by atoms with Gasteiger partial charge in [0.15, 0.2) is 0 Å². The molecule has 0 saturated carbocycles. The third-order valence-electron chi connectivity index (χ3n) is 1.95. The average molecular weight is 177 g/mol. The Morgan fingerprint density at radius 1 is 1.38 bits per heavy atom. The first kappa shape index (κ1) is 8.04. The van der Waals surface area contributed by atoms with Crippen LogP contribution < -0.4 is 0 Å². The van der Waals surface area contributed by atoms with Gasteiger partial charge in [-0.3, -0.25) is 0 Å². The molecular weight excluding hydrogens is 166 g/mol. The number of hydrogen-bond acceptors (Lipinski definition) is 3. The van der Waals surface area contributed by atoms with Gasteiger partial charge in [-0.05, 0) is 12.5 Å². The first-order chi connectivity index (χ1) is 6.31. The van der Waals surface area contributed by atoms with Crippen molar-refractivity contribution >= 4 is 0 Å². The van der Waals surface area contributed by atoms with Crippen molar-refractivity contribution in [1.29, 1.82) is 0 Å². The Hall–Kier alpha value is -1.58. The summed E-state index contributed by atoms with van der Waals surface area (Å²) in [4.78, 5) is 3.00. The summed E-state index contributed by atoms with van der Waals surface area (Å²) in [5.41, 5.74) is 2.10. The lowest BCUT2D eigenvalue weighted by Gasteiger charge is -1.89. The summed E-state index contributed by atoms with van der Waals surface area (Å²) in [7, 11) is 0. The second kappa shape index (κ2) is 3.05. The minimum Gasteiger partial charge on any atom is -0.421 e. The summed E-state index contributed by atoms with van der Waals surface area (Å²) >= 11 is 0. The van der Waals surface area contributed by atoms with Gasteiger partial charge in [0.2, 0.25) is 11.8 Å². The Labute approximate surface area is 76.0 Å². The maximum Gasteiger partial charge on any atom is 0.249 e. The lowest BCUT2D eigenvalue weighted by atomic mass is 10.2. The topological polar surface area (TPSA) is 54.7 Å². The Kier molecular flexibility index (Phi) is 1.88. The zero-order chi connectivity index (χ0) is 9.26. The number of hydrogen-bond donors (Lipinski definition) is 1. The van der Waals surface area contributed by atoms with Crippen molar-refractivity contribution in [1.82, 2.24) is 15.2 Å². The number of aromatic nitrogens is 3. The van der Waals surface area contributed by atoms with Gasteiger partial charge in [0.1, 0.15) is 0 Å². The molecule has 0 aliphatic rings. The molecule has 0 radical (unpaired) electrons. The Morgan fingerprint density at radius 3 is 2.77 bits per heavy atom. The van der Waals surface area contributed by atoms with Gasteiger partial charge < -0.3 is 9.40 Å². The van der Waals surface area contributed by atoms with Crippen LogP contribution in [0.1, 0.15) is 18.4 Å². The fourth-order valence-corrected chi connectivity index (χ4v) is 1.18. The second-order valence-electron chi connectivity index (χ2n) is 2.91. The van der Waals surface area contributed by atoms with E-state index in [1.807, 2.05) is 26.2 Å². The van der Waals surface area contributed by atoms with Gasteiger partial charge in [0.25, 0.3) is 0 Å². The molecule has 0 unspecified atom stereocenters. The van der Waals surface area contributed by atoms with E-state index in [-0.39, 0.29) is 0 Å². The predicted octanol–water partition coefficient (Wildman–Crippen LogP) is 1.94. The molecule has 0 aliphatic carbocycles. The van der Waals surface area contributed by atoms with Gasteiger partial charge in [-0.2, -0.15) is 0 Å².